The Morgan fingerprint density at radius 2 is 1.72 bits per heavy atom. The maximum Gasteiger partial charge on any atom is 0.179 e. The highest BCUT2D eigenvalue weighted by Crippen LogP contribution is 2.24. The first-order chi connectivity index (χ1) is 11.7. The molecule has 142 valence electrons. The van der Waals surface area contributed by atoms with Gasteiger partial charge < -0.3 is 10.2 Å². The molecule has 0 aromatic heterocycles. The SMILES string of the molecule is CNCCC1CCN(CCS(=O)(=O)c2ccc(C(C)(C)C)cc2)CC1. The predicted octanol–water partition coefficient (Wildman–Crippen LogP) is 3.08. The zero-order chi connectivity index (χ0) is 18.5. The molecule has 0 atom stereocenters. The third-order valence-corrected chi connectivity index (χ3v) is 6.98. The van der Waals surface area contributed by atoms with E-state index in [4.69, 9.17) is 0 Å². The molecule has 0 amide bonds. The number of hydrogen-bond donors (Lipinski definition) is 1. The minimum Gasteiger partial charge on any atom is -0.320 e. The molecule has 1 N–H and O–H groups in total. The molecule has 2 rings (SSSR count). The third-order valence-electron chi connectivity index (χ3n) is 5.27. The molecule has 25 heavy (non-hydrogen) atoms. The molecule has 0 bridgehead atoms. The number of rotatable bonds is 7. The number of sulfone groups is 1. The van der Waals surface area contributed by atoms with Gasteiger partial charge >= 0.3 is 0 Å². The molecule has 1 aromatic carbocycles. The molecule has 0 saturated carbocycles. The lowest BCUT2D eigenvalue weighted by molar-refractivity contribution is 0.187. The lowest BCUT2D eigenvalue weighted by Gasteiger charge is -2.31. The molecule has 0 radical (unpaired) electrons. The zero-order valence-corrected chi connectivity index (χ0v) is 17.0. The van der Waals surface area contributed by atoms with E-state index in [-0.39, 0.29) is 11.2 Å². The molecule has 1 aliphatic rings. The summed E-state index contributed by atoms with van der Waals surface area (Å²) in [6, 6.07) is 7.42. The van der Waals surface area contributed by atoms with Crippen molar-refractivity contribution in [2.75, 3.05) is 39.0 Å². The lowest BCUT2D eigenvalue weighted by atomic mass is 9.87. The van der Waals surface area contributed by atoms with Crippen molar-refractivity contribution in [2.45, 2.75) is 50.3 Å². The van der Waals surface area contributed by atoms with Crippen LogP contribution < -0.4 is 5.32 Å². The summed E-state index contributed by atoms with van der Waals surface area (Å²) in [5, 5.41) is 3.21. The van der Waals surface area contributed by atoms with Crippen LogP contribution in [0.4, 0.5) is 0 Å². The van der Waals surface area contributed by atoms with Gasteiger partial charge in [-0.25, -0.2) is 8.42 Å². The summed E-state index contributed by atoms with van der Waals surface area (Å²) in [7, 11) is -1.21. The van der Waals surface area contributed by atoms with Gasteiger partial charge in [-0.05, 0) is 75.0 Å². The first-order valence-electron chi connectivity index (χ1n) is 9.42. The van der Waals surface area contributed by atoms with E-state index in [0.29, 0.717) is 11.4 Å². The van der Waals surface area contributed by atoms with Crippen molar-refractivity contribution in [3.63, 3.8) is 0 Å². The van der Waals surface area contributed by atoms with Crippen molar-refractivity contribution >= 4 is 9.84 Å². The van der Waals surface area contributed by atoms with Gasteiger partial charge in [0.15, 0.2) is 9.84 Å². The van der Waals surface area contributed by atoms with Crippen LogP contribution in [-0.4, -0.2) is 52.3 Å². The summed E-state index contributed by atoms with van der Waals surface area (Å²) >= 11 is 0. The number of likely N-dealkylation sites (tertiary alicyclic amines) is 1. The van der Waals surface area contributed by atoms with Crippen molar-refractivity contribution < 1.29 is 8.42 Å². The van der Waals surface area contributed by atoms with E-state index in [0.717, 1.165) is 31.1 Å². The minimum atomic E-state index is -3.20. The van der Waals surface area contributed by atoms with Gasteiger partial charge in [-0.15, -0.1) is 0 Å². The fourth-order valence-electron chi connectivity index (χ4n) is 3.38. The minimum absolute atomic E-state index is 0.0416. The van der Waals surface area contributed by atoms with Crippen molar-refractivity contribution in [2.24, 2.45) is 5.92 Å². The van der Waals surface area contributed by atoms with Crippen LogP contribution in [0.1, 0.15) is 45.6 Å². The Hall–Kier alpha value is -0.910. The summed E-state index contributed by atoms with van der Waals surface area (Å²) < 4.78 is 25.2. The van der Waals surface area contributed by atoms with E-state index < -0.39 is 9.84 Å². The van der Waals surface area contributed by atoms with Crippen LogP contribution >= 0.6 is 0 Å². The Morgan fingerprint density at radius 3 is 2.24 bits per heavy atom. The number of benzene rings is 1. The molecule has 0 unspecified atom stereocenters. The van der Waals surface area contributed by atoms with Crippen LogP contribution in [0.25, 0.3) is 0 Å². The Labute approximate surface area is 153 Å². The molecule has 1 aliphatic heterocycles. The van der Waals surface area contributed by atoms with Gasteiger partial charge in [-0.2, -0.15) is 0 Å². The smallest absolute Gasteiger partial charge is 0.179 e. The molecule has 4 nitrogen and oxygen atoms in total. The molecule has 1 saturated heterocycles. The number of nitrogens with zero attached hydrogens (tertiary/aromatic N) is 1. The van der Waals surface area contributed by atoms with Gasteiger partial charge in [-0.1, -0.05) is 32.9 Å². The van der Waals surface area contributed by atoms with E-state index in [9.17, 15) is 8.42 Å². The summed E-state index contributed by atoms with van der Waals surface area (Å²) in [5.41, 5.74) is 1.20. The van der Waals surface area contributed by atoms with E-state index in [1.54, 1.807) is 12.1 Å². The molecule has 5 heteroatoms. The third kappa shape index (κ3) is 6.08. The monoisotopic (exact) mass is 366 g/mol. The highest BCUT2D eigenvalue weighted by molar-refractivity contribution is 7.91. The van der Waals surface area contributed by atoms with Crippen LogP contribution in [0.2, 0.25) is 0 Å². The maximum atomic E-state index is 12.6. The highest BCUT2D eigenvalue weighted by atomic mass is 32.2. The van der Waals surface area contributed by atoms with Gasteiger partial charge in [0.1, 0.15) is 0 Å². The second kappa shape index (κ2) is 8.65. The second-order valence-corrected chi connectivity index (χ2v) is 10.4. The second-order valence-electron chi connectivity index (χ2n) is 8.27. The van der Waals surface area contributed by atoms with E-state index >= 15 is 0 Å². The number of hydrogen-bond acceptors (Lipinski definition) is 4. The molecule has 0 aliphatic carbocycles. The Balaban J connectivity index is 1.86. The fourth-order valence-corrected chi connectivity index (χ4v) is 4.66. The van der Waals surface area contributed by atoms with Crippen molar-refractivity contribution in [1.82, 2.24) is 10.2 Å². The molecule has 1 heterocycles. The maximum absolute atomic E-state index is 12.6. The number of nitrogens with one attached hydrogen (secondary N) is 1. The van der Waals surface area contributed by atoms with E-state index in [1.165, 1.54) is 19.3 Å². The van der Waals surface area contributed by atoms with Crippen molar-refractivity contribution in [3.05, 3.63) is 29.8 Å². The van der Waals surface area contributed by atoms with E-state index in [2.05, 4.69) is 31.0 Å². The molecule has 1 aromatic rings. The molecular formula is C20H34N2O2S. The van der Waals surface area contributed by atoms with Gasteiger partial charge in [0.05, 0.1) is 10.6 Å². The average molecular weight is 367 g/mol. The summed E-state index contributed by atoms with van der Waals surface area (Å²) in [4.78, 5) is 2.75. The van der Waals surface area contributed by atoms with Crippen molar-refractivity contribution in [3.8, 4) is 0 Å². The Kier molecular flexibility index (Phi) is 7.06. The normalized spacial score (nSPS) is 17.8. The molecular weight excluding hydrogens is 332 g/mol. The topological polar surface area (TPSA) is 49.4 Å². The summed E-state index contributed by atoms with van der Waals surface area (Å²) in [5.74, 6) is 0.994. The van der Waals surface area contributed by atoms with Crippen LogP contribution in [0.5, 0.6) is 0 Å². The summed E-state index contributed by atoms with van der Waals surface area (Å²) in [6.45, 7) is 10.2. The molecule has 1 fully saturated rings. The first-order valence-corrected chi connectivity index (χ1v) is 11.1. The quantitative estimate of drug-likeness (QED) is 0.806. The Bertz CT molecular complexity index is 625. The Morgan fingerprint density at radius 1 is 1.12 bits per heavy atom. The average Bonchev–Trinajstić information content (AvgIpc) is 2.58. The van der Waals surface area contributed by atoms with E-state index in [1.807, 2.05) is 19.2 Å². The van der Waals surface area contributed by atoms with Gasteiger partial charge in [0.2, 0.25) is 0 Å². The first kappa shape index (κ1) is 20.4. The van der Waals surface area contributed by atoms with Crippen LogP contribution in [-0.2, 0) is 15.3 Å². The fraction of sp³-hybridized carbons (Fsp3) is 0.700. The van der Waals surface area contributed by atoms with Gasteiger partial charge in [-0.3, -0.25) is 0 Å². The van der Waals surface area contributed by atoms with Crippen molar-refractivity contribution in [1.29, 1.82) is 0 Å². The molecule has 0 spiro atoms. The van der Waals surface area contributed by atoms with Gasteiger partial charge in [0.25, 0.3) is 0 Å². The van der Waals surface area contributed by atoms with Gasteiger partial charge in [0, 0.05) is 6.54 Å². The highest BCUT2D eigenvalue weighted by Gasteiger charge is 2.22. The largest absolute Gasteiger partial charge is 0.320 e. The predicted molar refractivity (Wildman–Crippen MR) is 105 cm³/mol. The zero-order valence-electron chi connectivity index (χ0n) is 16.2. The van der Waals surface area contributed by atoms with Crippen LogP contribution in [0, 0.1) is 5.92 Å². The lowest BCUT2D eigenvalue weighted by Crippen LogP contribution is -2.37. The van der Waals surface area contributed by atoms with Crippen LogP contribution in [0.15, 0.2) is 29.2 Å². The van der Waals surface area contributed by atoms with Crippen LogP contribution in [0.3, 0.4) is 0 Å². The standard InChI is InChI=1S/C20H34N2O2S/c1-20(2,3)18-5-7-19(8-6-18)25(23,24)16-15-22-13-10-17(11-14-22)9-12-21-4/h5-8,17,21H,9-16H2,1-4H3. The number of piperidine rings is 1. The summed E-state index contributed by atoms with van der Waals surface area (Å²) in [6.07, 6.45) is 3.59.